The van der Waals surface area contributed by atoms with Crippen molar-refractivity contribution in [1.29, 1.82) is 0 Å². The maximum Gasteiger partial charge on any atom is 0.133 e. The van der Waals surface area contributed by atoms with Crippen molar-refractivity contribution in [3.63, 3.8) is 0 Å². The Bertz CT molecular complexity index is 509. The SMILES string of the molecule is Brc1cc(-c2ccncc2)nc(C2CC2)n1. The number of nitrogens with zero attached hydrogens (tertiary/aromatic N) is 3. The van der Waals surface area contributed by atoms with Gasteiger partial charge in [-0.2, -0.15) is 0 Å². The lowest BCUT2D eigenvalue weighted by molar-refractivity contribution is 0.919. The highest BCUT2D eigenvalue weighted by Gasteiger charge is 2.27. The van der Waals surface area contributed by atoms with Gasteiger partial charge in [-0.25, -0.2) is 9.97 Å². The van der Waals surface area contributed by atoms with Gasteiger partial charge in [0.15, 0.2) is 0 Å². The first-order chi connectivity index (χ1) is 7.83. The minimum atomic E-state index is 0.568. The van der Waals surface area contributed by atoms with Gasteiger partial charge in [0, 0.05) is 23.9 Å². The fourth-order valence-electron chi connectivity index (χ4n) is 1.63. The van der Waals surface area contributed by atoms with Gasteiger partial charge in [-0.05, 0) is 47.0 Å². The first-order valence-electron chi connectivity index (χ1n) is 5.28. The van der Waals surface area contributed by atoms with E-state index in [2.05, 4.69) is 30.9 Å². The van der Waals surface area contributed by atoms with Gasteiger partial charge in [0.2, 0.25) is 0 Å². The van der Waals surface area contributed by atoms with E-state index in [4.69, 9.17) is 0 Å². The Morgan fingerprint density at radius 1 is 1.12 bits per heavy atom. The smallest absolute Gasteiger partial charge is 0.133 e. The predicted molar refractivity (Wildman–Crippen MR) is 64.9 cm³/mol. The molecule has 1 saturated carbocycles. The van der Waals surface area contributed by atoms with Crippen molar-refractivity contribution < 1.29 is 0 Å². The summed E-state index contributed by atoms with van der Waals surface area (Å²) in [5, 5.41) is 0. The van der Waals surface area contributed by atoms with Gasteiger partial charge in [-0.15, -0.1) is 0 Å². The van der Waals surface area contributed by atoms with Crippen LogP contribution >= 0.6 is 15.9 Å². The van der Waals surface area contributed by atoms with Crippen molar-refractivity contribution in [1.82, 2.24) is 15.0 Å². The third kappa shape index (κ3) is 1.97. The minimum absolute atomic E-state index is 0.568. The van der Waals surface area contributed by atoms with E-state index in [1.807, 2.05) is 18.2 Å². The Morgan fingerprint density at radius 3 is 2.56 bits per heavy atom. The Kier molecular flexibility index (Phi) is 2.44. The van der Waals surface area contributed by atoms with Gasteiger partial charge < -0.3 is 0 Å². The van der Waals surface area contributed by atoms with Crippen LogP contribution in [0, 0.1) is 0 Å². The summed E-state index contributed by atoms with van der Waals surface area (Å²) in [4.78, 5) is 13.0. The quantitative estimate of drug-likeness (QED) is 0.791. The second-order valence-corrected chi connectivity index (χ2v) is 4.76. The molecule has 0 aliphatic heterocycles. The van der Waals surface area contributed by atoms with Crippen LogP contribution in [-0.4, -0.2) is 15.0 Å². The van der Waals surface area contributed by atoms with Crippen LogP contribution in [0.2, 0.25) is 0 Å². The van der Waals surface area contributed by atoms with Crippen LogP contribution in [0.4, 0.5) is 0 Å². The molecule has 16 heavy (non-hydrogen) atoms. The third-order valence-corrected chi connectivity index (χ3v) is 3.04. The number of halogens is 1. The average Bonchev–Trinajstić information content (AvgIpc) is 3.13. The number of pyridine rings is 1. The van der Waals surface area contributed by atoms with Crippen LogP contribution in [0.1, 0.15) is 24.6 Å². The third-order valence-electron chi connectivity index (χ3n) is 2.63. The molecule has 0 aromatic carbocycles. The summed E-state index contributed by atoms with van der Waals surface area (Å²) in [6, 6.07) is 5.87. The van der Waals surface area contributed by atoms with E-state index >= 15 is 0 Å². The van der Waals surface area contributed by atoms with Crippen LogP contribution in [-0.2, 0) is 0 Å². The molecule has 0 saturated heterocycles. The minimum Gasteiger partial charge on any atom is -0.265 e. The summed E-state index contributed by atoms with van der Waals surface area (Å²) in [7, 11) is 0. The fraction of sp³-hybridized carbons (Fsp3) is 0.250. The van der Waals surface area contributed by atoms with E-state index < -0.39 is 0 Å². The molecule has 2 aromatic rings. The predicted octanol–water partition coefficient (Wildman–Crippen LogP) is 3.18. The maximum atomic E-state index is 4.60. The summed E-state index contributed by atoms with van der Waals surface area (Å²) < 4.78 is 0.858. The molecule has 80 valence electrons. The summed E-state index contributed by atoms with van der Waals surface area (Å²) in [6.07, 6.45) is 5.99. The largest absolute Gasteiger partial charge is 0.265 e. The molecule has 1 aliphatic carbocycles. The molecule has 0 radical (unpaired) electrons. The molecule has 0 amide bonds. The number of aromatic nitrogens is 3. The fourth-order valence-corrected chi connectivity index (χ4v) is 2.03. The molecule has 0 spiro atoms. The zero-order valence-corrected chi connectivity index (χ0v) is 10.2. The second-order valence-electron chi connectivity index (χ2n) is 3.94. The highest BCUT2D eigenvalue weighted by Crippen LogP contribution is 2.39. The standard InChI is InChI=1S/C12H10BrN3/c13-11-7-10(8-3-5-14-6-4-8)15-12(16-11)9-1-2-9/h3-7,9H,1-2H2. The Morgan fingerprint density at radius 2 is 1.88 bits per heavy atom. The highest BCUT2D eigenvalue weighted by atomic mass is 79.9. The maximum absolute atomic E-state index is 4.60. The van der Waals surface area contributed by atoms with Crippen LogP contribution in [0.5, 0.6) is 0 Å². The number of hydrogen-bond donors (Lipinski definition) is 0. The van der Waals surface area contributed by atoms with Crippen LogP contribution in [0.3, 0.4) is 0 Å². The van der Waals surface area contributed by atoms with Crippen molar-refractivity contribution in [3.05, 3.63) is 41.0 Å². The average molecular weight is 276 g/mol. The molecular formula is C12H10BrN3. The molecular weight excluding hydrogens is 266 g/mol. The van der Waals surface area contributed by atoms with Crippen molar-refractivity contribution in [2.45, 2.75) is 18.8 Å². The molecule has 2 aromatic heterocycles. The molecule has 3 rings (SSSR count). The zero-order valence-electron chi connectivity index (χ0n) is 8.60. The van der Waals surface area contributed by atoms with Gasteiger partial charge >= 0.3 is 0 Å². The Labute approximate surface area is 102 Å². The van der Waals surface area contributed by atoms with Crippen LogP contribution in [0.15, 0.2) is 35.2 Å². The molecule has 0 unspecified atom stereocenters. The summed E-state index contributed by atoms with van der Waals surface area (Å²) in [6.45, 7) is 0. The normalized spacial score (nSPS) is 15.1. The first-order valence-corrected chi connectivity index (χ1v) is 6.07. The molecule has 0 N–H and O–H groups in total. The summed E-state index contributed by atoms with van der Waals surface area (Å²) in [5.41, 5.74) is 2.05. The molecule has 0 atom stereocenters. The van der Waals surface area contributed by atoms with Gasteiger partial charge in [0.05, 0.1) is 5.69 Å². The van der Waals surface area contributed by atoms with Crippen molar-refractivity contribution in [2.24, 2.45) is 0 Å². The number of rotatable bonds is 2. The lowest BCUT2D eigenvalue weighted by Crippen LogP contribution is -1.95. The number of hydrogen-bond acceptors (Lipinski definition) is 3. The lowest BCUT2D eigenvalue weighted by Gasteiger charge is -2.04. The molecule has 4 heteroatoms. The molecule has 3 nitrogen and oxygen atoms in total. The second kappa shape index (κ2) is 3.94. The van der Waals surface area contributed by atoms with Crippen LogP contribution in [0.25, 0.3) is 11.3 Å². The van der Waals surface area contributed by atoms with E-state index in [0.29, 0.717) is 5.92 Å². The summed E-state index contributed by atoms with van der Waals surface area (Å²) in [5.74, 6) is 1.53. The molecule has 1 fully saturated rings. The molecule has 1 aliphatic rings. The van der Waals surface area contributed by atoms with Crippen molar-refractivity contribution in [2.75, 3.05) is 0 Å². The van der Waals surface area contributed by atoms with Crippen LogP contribution < -0.4 is 0 Å². The van der Waals surface area contributed by atoms with Gasteiger partial charge in [0.25, 0.3) is 0 Å². The zero-order chi connectivity index (χ0) is 11.0. The van der Waals surface area contributed by atoms with Gasteiger partial charge in [0.1, 0.15) is 10.4 Å². The lowest BCUT2D eigenvalue weighted by atomic mass is 10.2. The van der Waals surface area contributed by atoms with E-state index in [1.54, 1.807) is 12.4 Å². The van der Waals surface area contributed by atoms with Crippen molar-refractivity contribution >= 4 is 15.9 Å². The molecule has 0 bridgehead atoms. The van der Waals surface area contributed by atoms with E-state index in [0.717, 1.165) is 21.7 Å². The van der Waals surface area contributed by atoms with Gasteiger partial charge in [-0.1, -0.05) is 0 Å². The highest BCUT2D eigenvalue weighted by molar-refractivity contribution is 9.10. The first kappa shape index (κ1) is 9.90. The molecule has 2 heterocycles. The van der Waals surface area contributed by atoms with E-state index in [9.17, 15) is 0 Å². The Hall–Kier alpha value is -1.29. The van der Waals surface area contributed by atoms with E-state index in [1.165, 1.54) is 12.8 Å². The van der Waals surface area contributed by atoms with E-state index in [-0.39, 0.29) is 0 Å². The Balaban J connectivity index is 2.06. The summed E-state index contributed by atoms with van der Waals surface area (Å²) >= 11 is 3.44. The monoisotopic (exact) mass is 275 g/mol. The van der Waals surface area contributed by atoms with Crippen molar-refractivity contribution in [3.8, 4) is 11.3 Å². The topological polar surface area (TPSA) is 38.7 Å². The van der Waals surface area contributed by atoms with Gasteiger partial charge in [-0.3, -0.25) is 4.98 Å².